The lowest BCUT2D eigenvalue weighted by molar-refractivity contribution is 0.230. The van der Waals surface area contributed by atoms with Crippen molar-refractivity contribution in [1.29, 1.82) is 0 Å². The SMILES string of the molecule is CC(C)(C)[C@@H](NC(=O)Nc1cccnc1)c1cccs1. The maximum Gasteiger partial charge on any atom is 0.319 e. The van der Waals surface area contributed by atoms with Crippen molar-refractivity contribution in [1.82, 2.24) is 10.3 Å². The molecule has 0 aliphatic carbocycles. The Morgan fingerprint density at radius 1 is 1.30 bits per heavy atom. The summed E-state index contributed by atoms with van der Waals surface area (Å²) in [4.78, 5) is 17.2. The number of pyridine rings is 1. The Kier molecular flexibility index (Phi) is 4.39. The molecule has 2 rings (SSSR count). The highest BCUT2D eigenvalue weighted by molar-refractivity contribution is 7.10. The first-order valence-electron chi connectivity index (χ1n) is 6.48. The summed E-state index contributed by atoms with van der Waals surface area (Å²) in [7, 11) is 0. The van der Waals surface area contributed by atoms with Gasteiger partial charge in [-0.05, 0) is 29.0 Å². The number of hydrogen-bond acceptors (Lipinski definition) is 3. The Labute approximate surface area is 123 Å². The zero-order chi connectivity index (χ0) is 14.6. The number of thiophene rings is 1. The third kappa shape index (κ3) is 3.81. The van der Waals surface area contributed by atoms with Crippen LogP contribution in [-0.4, -0.2) is 11.0 Å². The first-order valence-corrected chi connectivity index (χ1v) is 7.36. The molecule has 0 fully saturated rings. The molecule has 2 heterocycles. The van der Waals surface area contributed by atoms with Gasteiger partial charge in [-0.1, -0.05) is 26.8 Å². The Morgan fingerprint density at radius 3 is 2.65 bits per heavy atom. The molecule has 0 radical (unpaired) electrons. The van der Waals surface area contributed by atoms with Crippen molar-refractivity contribution in [3.05, 3.63) is 46.9 Å². The first kappa shape index (κ1) is 14.5. The van der Waals surface area contributed by atoms with Crippen LogP contribution >= 0.6 is 11.3 Å². The molecule has 0 saturated heterocycles. The van der Waals surface area contributed by atoms with E-state index in [1.165, 1.54) is 0 Å². The van der Waals surface area contributed by atoms with Gasteiger partial charge in [-0.15, -0.1) is 11.3 Å². The van der Waals surface area contributed by atoms with Crippen LogP contribution in [0.25, 0.3) is 0 Å². The number of urea groups is 1. The Morgan fingerprint density at radius 2 is 2.10 bits per heavy atom. The zero-order valence-electron chi connectivity index (χ0n) is 11.9. The number of nitrogens with one attached hydrogen (secondary N) is 2. The second kappa shape index (κ2) is 6.05. The van der Waals surface area contributed by atoms with Crippen molar-refractivity contribution >= 4 is 23.1 Å². The second-order valence-corrected chi connectivity index (χ2v) is 6.63. The summed E-state index contributed by atoms with van der Waals surface area (Å²) in [6.45, 7) is 6.34. The smallest absolute Gasteiger partial charge is 0.319 e. The van der Waals surface area contributed by atoms with Gasteiger partial charge in [-0.2, -0.15) is 0 Å². The molecule has 2 aromatic rings. The fraction of sp³-hybridized carbons (Fsp3) is 0.333. The molecule has 20 heavy (non-hydrogen) atoms. The minimum absolute atomic E-state index is 0.0285. The van der Waals surface area contributed by atoms with Gasteiger partial charge >= 0.3 is 6.03 Å². The molecule has 0 aliphatic heterocycles. The van der Waals surface area contributed by atoms with Crippen molar-refractivity contribution in [2.75, 3.05) is 5.32 Å². The quantitative estimate of drug-likeness (QED) is 0.895. The Bertz CT molecular complexity index is 546. The number of carbonyl (C=O) groups is 1. The number of anilines is 1. The summed E-state index contributed by atoms with van der Waals surface area (Å²) in [6, 6.07) is 7.40. The van der Waals surface area contributed by atoms with E-state index < -0.39 is 0 Å². The van der Waals surface area contributed by atoms with E-state index in [-0.39, 0.29) is 17.5 Å². The van der Waals surface area contributed by atoms with Crippen LogP contribution in [-0.2, 0) is 0 Å². The molecule has 106 valence electrons. The van der Waals surface area contributed by atoms with Gasteiger partial charge in [0.2, 0.25) is 0 Å². The summed E-state index contributed by atoms with van der Waals surface area (Å²) < 4.78 is 0. The van der Waals surface area contributed by atoms with E-state index in [0.717, 1.165) is 4.88 Å². The first-order chi connectivity index (χ1) is 9.47. The van der Waals surface area contributed by atoms with Crippen LogP contribution in [0.4, 0.5) is 10.5 Å². The fourth-order valence-electron chi connectivity index (χ4n) is 1.90. The molecular formula is C15H19N3OS. The van der Waals surface area contributed by atoms with Gasteiger partial charge < -0.3 is 10.6 Å². The predicted octanol–water partition coefficient (Wildman–Crippen LogP) is 4.05. The molecule has 2 aromatic heterocycles. The highest BCUT2D eigenvalue weighted by Gasteiger charge is 2.28. The molecule has 0 saturated carbocycles. The van der Waals surface area contributed by atoms with Gasteiger partial charge in [-0.25, -0.2) is 4.79 Å². The van der Waals surface area contributed by atoms with Gasteiger partial charge in [0.25, 0.3) is 0 Å². The largest absolute Gasteiger partial charge is 0.330 e. The Hall–Kier alpha value is -1.88. The summed E-state index contributed by atoms with van der Waals surface area (Å²) in [5.41, 5.74) is 0.626. The fourth-order valence-corrected chi connectivity index (χ4v) is 2.92. The zero-order valence-corrected chi connectivity index (χ0v) is 12.7. The summed E-state index contributed by atoms with van der Waals surface area (Å²) in [6.07, 6.45) is 3.30. The van der Waals surface area contributed by atoms with E-state index in [1.807, 2.05) is 23.6 Å². The van der Waals surface area contributed by atoms with Crippen molar-refractivity contribution < 1.29 is 4.79 Å². The lowest BCUT2D eigenvalue weighted by Gasteiger charge is -2.30. The van der Waals surface area contributed by atoms with Crippen molar-refractivity contribution in [3.63, 3.8) is 0 Å². The second-order valence-electron chi connectivity index (χ2n) is 5.65. The van der Waals surface area contributed by atoms with Crippen LogP contribution in [0.3, 0.4) is 0 Å². The number of aromatic nitrogens is 1. The van der Waals surface area contributed by atoms with Crippen LogP contribution in [0, 0.1) is 5.41 Å². The molecule has 0 unspecified atom stereocenters. The molecule has 2 amide bonds. The molecule has 0 bridgehead atoms. The van der Waals surface area contributed by atoms with E-state index in [1.54, 1.807) is 29.8 Å². The molecule has 0 aromatic carbocycles. The maximum absolute atomic E-state index is 12.1. The number of nitrogens with zero attached hydrogens (tertiary/aromatic N) is 1. The van der Waals surface area contributed by atoms with Crippen molar-refractivity contribution in [3.8, 4) is 0 Å². The van der Waals surface area contributed by atoms with Gasteiger partial charge in [-0.3, -0.25) is 4.98 Å². The minimum Gasteiger partial charge on any atom is -0.330 e. The lowest BCUT2D eigenvalue weighted by Crippen LogP contribution is -2.38. The van der Waals surface area contributed by atoms with Gasteiger partial charge in [0.1, 0.15) is 0 Å². The average molecular weight is 289 g/mol. The normalized spacial score (nSPS) is 12.8. The van der Waals surface area contributed by atoms with Crippen molar-refractivity contribution in [2.24, 2.45) is 5.41 Å². The summed E-state index contributed by atoms with van der Waals surface area (Å²) in [5, 5.41) is 7.86. The van der Waals surface area contributed by atoms with Crippen molar-refractivity contribution in [2.45, 2.75) is 26.8 Å². The van der Waals surface area contributed by atoms with E-state index in [2.05, 4.69) is 36.4 Å². The minimum atomic E-state index is -0.216. The molecule has 5 heteroatoms. The van der Waals surface area contributed by atoms with Crippen LogP contribution in [0.15, 0.2) is 42.0 Å². The van der Waals surface area contributed by atoms with Crippen LogP contribution in [0.1, 0.15) is 31.7 Å². The monoisotopic (exact) mass is 289 g/mol. The topological polar surface area (TPSA) is 54.0 Å². The average Bonchev–Trinajstić information content (AvgIpc) is 2.89. The van der Waals surface area contributed by atoms with E-state index in [4.69, 9.17) is 0 Å². The number of carbonyl (C=O) groups excluding carboxylic acids is 1. The van der Waals surface area contributed by atoms with E-state index in [0.29, 0.717) is 5.69 Å². The predicted molar refractivity (Wildman–Crippen MR) is 82.9 cm³/mol. The van der Waals surface area contributed by atoms with E-state index in [9.17, 15) is 4.79 Å². The molecular weight excluding hydrogens is 270 g/mol. The molecule has 0 aliphatic rings. The van der Waals surface area contributed by atoms with Crippen LogP contribution < -0.4 is 10.6 Å². The number of rotatable bonds is 3. The van der Waals surface area contributed by atoms with Crippen LogP contribution in [0.5, 0.6) is 0 Å². The maximum atomic E-state index is 12.1. The van der Waals surface area contributed by atoms with Crippen LogP contribution in [0.2, 0.25) is 0 Å². The third-order valence-electron chi connectivity index (χ3n) is 2.89. The standard InChI is InChI=1S/C15H19N3OS/c1-15(2,3)13(12-7-5-9-20-12)18-14(19)17-11-6-4-8-16-10-11/h4-10,13H,1-3H3,(H2,17,18,19)/t13-/m0/s1. The molecule has 4 nitrogen and oxygen atoms in total. The summed E-state index contributed by atoms with van der Waals surface area (Å²) in [5.74, 6) is 0. The Balaban J connectivity index is 2.07. The third-order valence-corrected chi connectivity index (χ3v) is 3.83. The van der Waals surface area contributed by atoms with Gasteiger partial charge in [0.05, 0.1) is 17.9 Å². The van der Waals surface area contributed by atoms with Gasteiger partial charge in [0.15, 0.2) is 0 Å². The summed E-state index contributed by atoms with van der Waals surface area (Å²) >= 11 is 1.65. The molecule has 0 spiro atoms. The number of hydrogen-bond donors (Lipinski definition) is 2. The van der Waals surface area contributed by atoms with E-state index >= 15 is 0 Å². The molecule has 1 atom stereocenters. The van der Waals surface area contributed by atoms with Gasteiger partial charge in [0, 0.05) is 11.1 Å². The highest BCUT2D eigenvalue weighted by atomic mass is 32.1. The molecule has 2 N–H and O–H groups in total. The number of amides is 2. The lowest BCUT2D eigenvalue weighted by atomic mass is 9.86. The highest BCUT2D eigenvalue weighted by Crippen LogP contribution is 2.35.